The van der Waals surface area contributed by atoms with E-state index in [0.29, 0.717) is 11.4 Å². The second-order valence-electron chi connectivity index (χ2n) is 4.01. The summed E-state index contributed by atoms with van der Waals surface area (Å²) in [4.78, 5) is 13.6. The first-order valence-corrected chi connectivity index (χ1v) is 7.05. The number of carbonyl (C=O) groups excluding carboxylic acids is 1. The van der Waals surface area contributed by atoms with Gasteiger partial charge in [-0.05, 0) is 25.1 Å². The van der Waals surface area contributed by atoms with Crippen molar-refractivity contribution >= 4 is 17.7 Å². The molecule has 3 nitrogen and oxygen atoms in total. The summed E-state index contributed by atoms with van der Waals surface area (Å²) >= 11 is 1.06. The van der Waals surface area contributed by atoms with Crippen LogP contribution in [0.4, 0.5) is 13.2 Å². The number of nitrogens with zero attached hydrogens (tertiary/aromatic N) is 1. The van der Waals surface area contributed by atoms with E-state index >= 15 is 0 Å². The van der Waals surface area contributed by atoms with Crippen LogP contribution in [-0.2, 0) is 11.0 Å². The number of carbonyl (C=O) groups is 1. The summed E-state index contributed by atoms with van der Waals surface area (Å²) in [6.07, 6.45) is -4.38. The number of amides is 1. The highest BCUT2D eigenvalue weighted by Gasteiger charge is 2.30. The first-order chi connectivity index (χ1) is 9.38. The molecule has 0 atom stereocenters. The molecule has 0 saturated heterocycles. The van der Waals surface area contributed by atoms with Gasteiger partial charge in [0.05, 0.1) is 17.9 Å². The van der Waals surface area contributed by atoms with Gasteiger partial charge in [0.15, 0.2) is 0 Å². The Labute approximate surface area is 119 Å². The minimum atomic E-state index is -4.38. The molecule has 0 bridgehead atoms. The highest BCUT2D eigenvalue weighted by atomic mass is 32.2. The summed E-state index contributed by atoms with van der Waals surface area (Å²) in [6, 6.07) is 4.88. The predicted octanol–water partition coefficient (Wildman–Crippen LogP) is 2.64. The standard InChI is InChI=1S/C13H16F3NO2S/c1-2-17(6-7-18)12(19)9-20-11-5-3-4-10(8-11)13(14,15)16/h3-5,8,18H,2,6-7,9H2,1H3. The normalized spacial score (nSPS) is 11.4. The molecule has 0 fully saturated rings. The lowest BCUT2D eigenvalue weighted by Gasteiger charge is -2.19. The molecule has 0 aliphatic heterocycles. The Morgan fingerprint density at radius 1 is 1.40 bits per heavy atom. The maximum atomic E-state index is 12.5. The molecule has 0 spiro atoms. The van der Waals surface area contributed by atoms with E-state index in [4.69, 9.17) is 5.11 Å². The first kappa shape index (κ1) is 16.8. The fourth-order valence-electron chi connectivity index (χ4n) is 1.58. The highest BCUT2D eigenvalue weighted by molar-refractivity contribution is 8.00. The fraction of sp³-hybridized carbons (Fsp3) is 0.462. The molecule has 0 heterocycles. The zero-order chi connectivity index (χ0) is 15.2. The SMILES string of the molecule is CCN(CCO)C(=O)CSc1cccc(C(F)(F)F)c1. The van der Waals surface area contributed by atoms with E-state index in [1.807, 2.05) is 0 Å². The molecule has 0 aromatic heterocycles. The van der Waals surface area contributed by atoms with Crippen LogP contribution < -0.4 is 0 Å². The molecule has 1 N–H and O–H groups in total. The van der Waals surface area contributed by atoms with Crippen molar-refractivity contribution in [3.63, 3.8) is 0 Å². The molecule has 1 aromatic rings. The Balaban J connectivity index is 2.64. The zero-order valence-corrected chi connectivity index (χ0v) is 11.8. The van der Waals surface area contributed by atoms with Crippen molar-refractivity contribution in [3.8, 4) is 0 Å². The lowest BCUT2D eigenvalue weighted by atomic mass is 10.2. The number of hydrogen-bond donors (Lipinski definition) is 1. The molecular formula is C13H16F3NO2S. The third-order valence-electron chi connectivity index (χ3n) is 2.63. The Hall–Kier alpha value is -1.21. The largest absolute Gasteiger partial charge is 0.416 e. The number of likely N-dealkylation sites (N-methyl/N-ethyl adjacent to an activating group) is 1. The van der Waals surface area contributed by atoms with Crippen molar-refractivity contribution in [1.82, 2.24) is 4.90 Å². The van der Waals surface area contributed by atoms with Crippen molar-refractivity contribution < 1.29 is 23.1 Å². The van der Waals surface area contributed by atoms with Crippen LogP contribution in [0.1, 0.15) is 12.5 Å². The van der Waals surface area contributed by atoms with Gasteiger partial charge in [-0.2, -0.15) is 13.2 Å². The lowest BCUT2D eigenvalue weighted by molar-refractivity contribution is -0.137. The third-order valence-corrected chi connectivity index (χ3v) is 3.61. The van der Waals surface area contributed by atoms with E-state index < -0.39 is 11.7 Å². The monoisotopic (exact) mass is 307 g/mol. The molecule has 0 saturated carbocycles. The molecule has 0 aliphatic carbocycles. The van der Waals surface area contributed by atoms with Crippen molar-refractivity contribution in [2.75, 3.05) is 25.4 Å². The van der Waals surface area contributed by atoms with E-state index in [-0.39, 0.29) is 24.8 Å². The van der Waals surface area contributed by atoms with Gasteiger partial charge in [0.1, 0.15) is 0 Å². The van der Waals surface area contributed by atoms with Crippen LogP contribution in [-0.4, -0.2) is 41.4 Å². The summed E-state index contributed by atoms with van der Waals surface area (Å²) in [5.41, 5.74) is -0.724. The summed E-state index contributed by atoms with van der Waals surface area (Å²) in [5.74, 6) is -0.154. The van der Waals surface area contributed by atoms with Gasteiger partial charge in [0.25, 0.3) is 0 Å². The van der Waals surface area contributed by atoms with E-state index in [9.17, 15) is 18.0 Å². The van der Waals surface area contributed by atoms with Crippen molar-refractivity contribution in [1.29, 1.82) is 0 Å². The van der Waals surface area contributed by atoms with E-state index in [1.165, 1.54) is 17.0 Å². The number of thioether (sulfide) groups is 1. The second-order valence-corrected chi connectivity index (χ2v) is 5.06. The second kappa shape index (κ2) is 7.54. The Bertz CT molecular complexity index is 451. The lowest BCUT2D eigenvalue weighted by Crippen LogP contribution is -2.34. The van der Waals surface area contributed by atoms with Crippen LogP contribution >= 0.6 is 11.8 Å². The molecule has 1 aromatic carbocycles. The van der Waals surface area contributed by atoms with Gasteiger partial charge in [-0.15, -0.1) is 11.8 Å². The van der Waals surface area contributed by atoms with Crippen LogP contribution in [0.15, 0.2) is 29.2 Å². The van der Waals surface area contributed by atoms with E-state index in [2.05, 4.69) is 0 Å². The Morgan fingerprint density at radius 2 is 2.10 bits per heavy atom. The van der Waals surface area contributed by atoms with Crippen LogP contribution in [0.25, 0.3) is 0 Å². The average Bonchev–Trinajstić information content (AvgIpc) is 2.41. The summed E-state index contributed by atoms with van der Waals surface area (Å²) in [7, 11) is 0. The van der Waals surface area contributed by atoms with Gasteiger partial charge >= 0.3 is 6.18 Å². The molecule has 112 valence electrons. The van der Waals surface area contributed by atoms with Crippen molar-refractivity contribution in [3.05, 3.63) is 29.8 Å². The summed E-state index contributed by atoms with van der Waals surface area (Å²) < 4.78 is 37.6. The molecule has 0 aliphatic rings. The Kier molecular flexibility index (Phi) is 6.35. The molecule has 0 unspecified atom stereocenters. The topological polar surface area (TPSA) is 40.5 Å². The van der Waals surface area contributed by atoms with Gasteiger partial charge in [0.2, 0.25) is 5.91 Å². The van der Waals surface area contributed by atoms with Gasteiger partial charge in [-0.1, -0.05) is 6.07 Å². The van der Waals surface area contributed by atoms with Gasteiger partial charge < -0.3 is 10.0 Å². The molecule has 20 heavy (non-hydrogen) atoms. The quantitative estimate of drug-likeness (QED) is 0.821. The summed E-state index contributed by atoms with van der Waals surface area (Å²) in [5, 5.41) is 8.80. The number of alkyl halides is 3. The van der Waals surface area contributed by atoms with E-state index in [1.54, 1.807) is 6.92 Å². The molecule has 1 rings (SSSR count). The maximum absolute atomic E-state index is 12.5. The highest BCUT2D eigenvalue weighted by Crippen LogP contribution is 2.31. The average molecular weight is 307 g/mol. The number of benzene rings is 1. The van der Waals surface area contributed by atoms with Crippen LogP contribution in [0.2, 0.25) is 0 Å². The van der Waals surface area contributed by atoms with Crippen molar-refractivity contribution in [2.24, 2.45) is 0 Å². The maximum Gasteiger partial charge on any atom is 0.416 e. The number of aliphatic hydroxyl groups is 1. The minimum absolute atomic E-state index is 0.0507. The van der Waals surface area contributed by atoms with Crippen LogP contribution in [0, 0.1) is 0 Å². The van der Waals surface area contributed by atoms with Crippen LogP contribution in [0.5, 0.6) is 0 Å². The van der Waals surface area contributed by atoms with Gasteiger partial charge in [-0.25, -0.2) is 0 Å². The number of aliphatic hydroxyl groups excluding tert-OH is 1. The van der Waals surface area contributed by atoms with Crippen LogP contribution in [0.3, 0.4) is 0 Å². The predicted molar refractivity (Wildman–Crippen MR) is 71.5 cm³/mol. The molecule has 7 heteroatoms. The van der Waals surface area contributed by atoms with Gasteiger partial charge in [-0.3, -0.25) is 4.79 Å². The smallest absolute Gasteiger partial charge is 0.395 e. The molecular weight excluding hydrogens is 291 g/mol. The minimum Gasteiger partial charge on any atom is -0.395 e. The molecule has 1 amide bonds. The molecule has 0 radical (unpaired) electrons. The fourth-order valence-corrected chi connectivity index (χ4v) is 2.44. The van der Waals surface area contributed by atoms with E-state index in [0.717, 1.165) is 23.9 Å². The third kappa shape index (κ3) is 5.05. The zero-order valence-electron chi connectivity index (χ0n) is 11.0. The van der Waals surface area contributed by atoms with Crippen molar-refractivity contribution in [2.45, 2.75) is 18.0 Å². The number of halogens is 3. The van der Waals surface area contributed by atoms with Gasteiger partial charge in [0, 0.05) is 18.0 Å². The first-order valence-electron chi connectivity index (χ1n) is 6.07. The summed E-state index contributed by atoms with van der Waals surface area (Å²) in [6.45, 7) is 2.34. The Morgan fingerprint density at radius 3 is 2.65 bits per heavy atom. The number of rotatable bonds is 6. The number of hydrogen-bond acceptors (Lipinski definition) is 3.